The highest BCUT2D eigenvalue weighted by atomic mass is 16.5. The van der Waals surface area contributed by atoms with Gasteiger partial charge in [0.15, 0.2) is 0 Å². The quantitative estimate of drug-likeness (QED) is 0.654. The lowest BCUT2D eigenvalue weighted by atomic mass is 9.90. The number of ether oxygens (including phenoxy) is 1. The van der Waals surface area contributed by atoms with E-state index in [1.54, 1.807) is 0 Å². The molecule has 0 aliphatic heterocycles. The van der Waals surface area contributed by atoms with Crippen LogP contribution in [0.3, 0.4) is 0 Å². The summed E-state index contributed by atoms with van der Waals surface area (Å²) in [4.78, 5) is 0. The SMILES string of the molecule is N[C@@H]1CC[C@@H]1OC1CCCC1. The van der Waals surface area contributed by atoms with Gasteiger partial charge in [-0.1, -0.05) is 12.8 Å². The maximum absolute atomic E-state index is 5.83. The van der Waals surface area contributed by atoms with Crippen molar-refractivity contribution in [1.29, 1.82) is 0 Å². The third kappa shape index (κ3) is 1.57. The van der Waals surface area contributed by atoms with Crippen molar-refractivity contribution in [2.24, 2.45) is 5.73 Å². The van der Waals surface area contributed by atoms with E-state index in [-0.39, 0.29) is 0 Å². The van der Waals surface area contributed by atoms with Crippen molar-refractivity contribution in [3.8, 4) is 0 Å². The van der Waals surface area contributed by atoms with Crippen LogP contribution in [0.15, 0.2) is 0 Å². The first kappa shape index (κ1) is 7.56. The molecule has 2 atom stereocenters. The van der Waals surface area contributed by atoms with Crippen LogP contribution < -0.4 is 5.73 Å². The van der Waals surface area contributed by atoms with Crippen LogP contribution in [-0.4, -0.2) is 18.2 Å². The number of nitrogens with two attached hydrogens (primary N) is 1. The lowest BCUT2D eigenvalue weighted by Crippen LogP contribution is -2.47. The zero-order valence-electron chi connectivity index (χ0n) is 6.96. The van der Waals surface area contributed by atoms with Crippen molar-refractivity contribution in [2.45, 2.75) is 56.8 Å². The Labute approximate surface area is 68.1 Å². The predicted octanol–water partition coefficient (Wildman–Crippen LogP) is 1.44. The van der Waals surface area contributed by atoms with Crippen LogP contribution in [0.2, 0.25) is 0 Å². The first-order chi connectivity index (χ1) is 5.36. The zero-order chi connectivity index (χ0) is 7.68. The second-order valence-electron chi connectivity index (χ2n) is 3.82. The maximum atomic E-state index is 5.83. The molecular formula is C9H17NO. The van der Waals surface area contributed by atoms with Gasteiger partial charge in [0.2, 0.25) is 0 Å². The van der Waals surface area contributed by atoms with E-state index in [4.69, 9.17) is 10.5 Å². The van der Waals surface area contributed by atoms with Crippen LogP contribution in [0.5, 0.6) is 0 Å². The van der Waals surface area contributed by atoms with Crippen molar-refractivity contribution in [3.63, 3.8) is 0 Å². The van der Waals surface area contributed by atoms with Gasteiger partial charge in [-0.2, -0.15) is 0 Å². The third-order valence-electron chi connectivity index (χ3n) is 2.93. The van der Waals surface area contributed by atoms with E-state index in [0.29, 0.717) is 18.2 Å². The molecule has 2 N–H and O–H groups in total. The largest absolute Gasteiger partial charge is 0.373 e. The summed E-state index contributed by atoms with van der Waals surface area (Å²) >= 11 is 0. The van der Waals surface area contributed by atoms with Gasteiger partial charge in [-0.05, 0) is 25.7 Å². The van der Waals surface area contributed by atoms with Gasteiger partial charge in [0, 0.05) is 6.04 Å². The lowest BCUT2D eigenvalue weighted by molar-refractivity contribution is -0.0602. The van der Waals surface area contributed by atoms with Gasteiger partial charge >= 0.3 is 0 Å². The van der Waals surface area contributed by atoms with Gasteiger partial charge < -0.3 is 10.5 Å². The van der Waals surface area contributed by atoms with Gasteiger partial charge in [0.25, 0.3) is 0 Å². The minimum atomic E-state index is 0.343. The fraction of sp³-hybridized carbons (Fsp3) is 1.00. The number of hydrogen-bond acceptors (Lipinski definition) is 2. The summed E-state index contributed by atoms with van der Waals surface area (Å²) in [5.41, 5.74) is 5.78. The molecule has 0 radical (unpaired) electrons. The van der Waals surface area contributed by atoms with Crippen LogP contribution in [0.25, 0.3) is 0 Å². The van der Waals surface area contributed by atoms with E-state index >= 15 is 0 Å². The summed E-state index contributed by atoms with van der Waals surface area (Å²) in [6.07, 6.45) is 8.55. The Morgan fingerprint density at radius 3 is 2.18 bits per heavy atom. The van der Waals surface area contributed by atoms with Crippen LogP contribution in [0.1, 0.15) is 38.5 Å². The van der Waals surface area contributed by atoms with Crippen LogP contribution in [0, 0.1) is 0 Å². The normalized spacial score (nSPS) is 39.0. The molecule has 0 bridgehead atoms. The topological polar surface area (TPSA) is 35.2 Å². The molecule has 0 aromatic carbocycles. The molecule has 0 aromatic rings. The van der Waals surface area contributed by atoms with E-state index < -0.39 is 0 Å². The van der Waals surface area contributed by atoms with E-state index in [0.717, 1.165) is 6.42 Å². The maximum Gasteiger partial charge on any atom is 0.0730 e. The molecule has 64 valence electrons. The fourth-order valence-corrected chi connectivity index (χ4v) is 1.94. The van der Waals surface area contributed by atoms with Crippen molar-refractivity contribution in [1.82, 2.24) is 0 Å². The molecule has 11 heavy (non-hydrogen) atoms. The zero-order valence-corrected chi connectivity index (χ0v) is 6.96. The molecule has 2 saturated carbocycles. The Kier molecular flexibility index (Phi) is 2.14. The van der Waals surface area contributed by atoms with Crippen molar-refractivity contribution in [3.05, 3.63) is 0 Å². The number of rotatable bonds is 2. The van der Waals surface area contributed by atoms with Crippen LogP contribution in [-0.2, 0) is 4.74 Å². The van der Waals surface area contributed by atoms with Gasteiger partial charge in [-0.15, -0.1) is 0 Å². The first-order valence-electron chi connectivity index (χ1n) is 4.77. The minimum absolute atomic E-state index is 0.343. The van der Waals surface area contributed by atoms with Gasteiger partial charge in [0.05, 0.1) is 12.2 Å². The Bertz CT molecular complexity index is 132. The van der Waals surface area contributed by atoms with Crippen molar-refractivity contribution < 1.29 is 4.74 Å². The molecule has 0 amide bonds. The second-order valence-corrected chi connectivity index (χ2v) is 3.82. The van der Waals surface area contributed by atoms with Gasteiger partial charge in [0.1, 0.15) is 0 Å². The molecule has 0 saturated heterocycles. The van der Waals surface area contributed by atoms with Gasteiger partial charge in [-0.25, -0.2) is 0 Å². The smallest absolute Gasteiger partial charge is 0.0730 e. The molecular weight excluding hydrogens is 138 g/mol. The molecule has 0 spiro atoms. The van der Waals surface area contributed by atoms with E-state index in [1.807, 2.05) is 0 Å². The Morgan fingerprint density at radius 1 is 1.00 bits per heavy atom. The van der Waals surface area contributed by atoms with E-state index in [2.05, 4.69) is 0 Å². The predicted molar refractivity (Wildman–Crippen MR) is 44.3 cm³/mol. The molecule has 0 unspecified atom stereocenters. The van der Waals surface area contributed by atoms with E-state index in [1.165, 1.54) is 32.1 Å². The molecule has 2 aliphatic rings. The second kappa shape index (κ2) is 3.11. The fourth-order valence-electron chi connectivity index (χ4n) is 1.94. The molecule has 0 heterocycles. The summed E-state index contributed by atoms with van der Waals surface area (Å²) < 4.78 is 5.83. The van der Waals surface area contributed by atoms with Crippen LogP contribution >= 0.6 is 0 Å². The highest BCUT2D eigenvalue weighted by Crippen LogP contribution is 2.28. The Balaban J connectivity index is 1.72. The first-order valence-corrected chi connectivity index (χ1v) is 4.77. The Hall–Kier alpha value is -0.0800. The van der Waals surface area contributed by atoms with Crippen molar-refractivity contribution in [2.75, 3.05) is 0 Å². The highest BCUT2D eigenvalue weighted by Gasteiger charge is 2.31. The minimum Gasteiger partial charge on any atom is -0.373 e. The summed E-state index contributed by atoms with van der Waals surface area (Å²) in [6.45, 7) is 0. The van der Waals surface area contributed by atoms with Gasteiger partial charge in [-0.3, -0.25) is 0 Å². The molecule has 0 aromatic heterocycles. The number of hydrogen-bond donors (Lipinski definition) is 1. The molecule has 2 fully saturated rings. The summed E-state index contributed by atoms with van der Waals surface area (Å²) in [5.74, 6) is 0. The molecule has 2 heteroatoms. The van der Waals surface area contributed by atoms with Crippen LogP contribution in [0.4, 0.5) is 0 Å². The highest BCUT2D eigenvalue weighted by molar-refractivity contribution is 4.86. The summed E-state index contributed by atoms with van der Waals surface area (Å²) in [7, 11) is 0. The average molecular weight is 155 g/mol. The lowest BCUT2D eigenvalue weighted by Gasteiger charge is -2.35. The average Bonchev–Trinajstić information content (AvgIpc) is 2.49. The summed E-state index contributed by atoms with van der Waals surface area (Å²) in [6, 6.07) is 0.343. The Morgan fingerprint density at radius 2 is 1.73 bits per heavy atom. The standard InChI is InChI=1S/C9H17NO/c10-8-5-6-9(8)11-7-3-1-2-4-7/h7-9H,1-6,10H2/t8-,9+/m1/s1. The van der Waals surface area contributed by atoms with Crippen molar-refractivity contribution >= 4 is 0 Å². The monoisotopic (exact) mass is 155 g/mol. The molecule has 2 rings (SSSR count). The van der Waals surface area contributed by atoms with E-state index in [9.17, 15) is 0 Å². The third-order valence-corrected chi connectivity index (χ3v) is 2.93. The molecule has 2 nitrogen and oxygen atoms in total. The summed E-state index contributed by atoms with van der Waals surface area (Å²) in [5, 5.41) is 0. The molecule has 2 aliphatic carbocycles.